The Labute approximate surface area is 150 Å². The van der Waals surface area contributed by atoms with Crippen LogP contribution in [0.4, 0.5) is 5.69 Å². The number of methoxy groups -OCH3 is 1. The predicted molar refractivity (Wildman–Crippen MR) is 97.6 cm³/mol. The summed E-state index contributed by atoms with van der Waals surface area (Å²) >= 11 is 6.20. The van der Waals surface area contributed by atoms with Crippen LogP contribution >= 0.6 is 11.6 Å². The highest BCUT2D eigenvalue weighted by molar-refractivity contribution is 7.89. The van der Waals surface area contributed by atoms with Gasteiger partial charge in [-0.1, -0.05) is 17.7 Å². The standard InChI is InChI=1S/C15H23ClN2O4S2/c1-22-13(11-6-7-11)10-17-15-12(16)4-3-5-14(15)24(20,21)18-8-9-23(2)19/h3-5,11,13,17-18H,6-10H2,1-2H3. The van der Waals surface area contributed by atoms with Crippen LogP contribution in [0.1, 0.15) is 12.8 Å². The molecule has 2 rings (SSSR count). The summed E-state index contributed by atoms with van der Waals surface area (Å²) in [6.07, 6.45) is 3.82. The summed E-state index contributed by atoms with van der Waals surface area (Å²) in [6.45, 7) is 0.604. The van der Waals surface area contributed by atoms with Gasteiger partial charge in [-0.05, 0) is 30.9 Å². The van der Waals surface area contributed by atoms with Crippen molar-refractivity contribution in [2.24, 2.45) is 5.92 Å². The average Bonchev–Trinajstić information content (AvgIpc) is 3.33. The number of benzene rings is 1. The Bertz CT molecular complexity index is 693. The maximum absolute atomic E-state index is 12.5. The van der Waals surface area contributed by atoms with Gasteiger partial charge in [0.2, 0.25) is 10.0 Å². The number of rotatable bonds is 10. The molecule has 9 heteroatoms. The molecule has 0 heterocycles. The Morgan fingerprint density at radius 1 is 1.42 bits per heavy atom. The molecule has 0 saturated heterocycles. The van der Waals surface area contributed by atoms with Crippen molar-refractivity contribution in [3.8, 4) is 0 Å². The van der Waals surface area contributed by atoms with E-state index in [1.807, 2.05) is 0 Å². The molecule has 136 valence electrons. The second-order valence-corrected chi connectivity index (χ2v) is 9.48. The average molecular weight is 395 g/mol. The molecule has 2 N–H and O–H groups in total. The molecular weight excluding hydrogens is 372 g/mol. The smallest absolute Gasteiger partial charge is 0.242 e. The Kier molecular flexibility index (Phi) is 7.06. The third-order valence-corrected chi connectivity index (χ3v) is 6.47. The van der Waals surface area contributed by atoms with Gasteiger partial charge in [-0.2, -0.15) is 0 Å². The van der Waals surface area contributed by atoms with Crippen molar-refractivity contribution < 1.29 is 17.4 Å². The second kappa shape index (κ2) is 8.62. The Balaban J connectivity index is 2.14. The van der Waals surface area contributed by atoms with Crippen LogP contribution in [0.15, 0.2) is 23.1 Å². The van der Waals surface area contributed by atoms with Crippen molar-refractivity contribution in [3.63, 3.8) is 0 Å². The van der Waals surface area contributed by atoms with E-state index in [0.717, 1.165) is 12.8 Å². The van der Waals surface area contributed by atoms with E-state index >= 15 is 0 Å². The summed E-state index contributed by atoms with van der Waals surface area (Å²) in [5.74, 6) is 0.776. The van der Waals surface area contributed by atoms with Crippen molar-refractivity contribution in [2.45, 2.75) is 23.8 Å². The van der Waals surface area contributed by atoms with E-state index in [1.165, 1.54) is 12.3 Å². The van der Waals surface area contributed by atoms with Crippen molar-refractivity contribution in [3.05, 3.63) is 23.2 Å². The van der Waals surface area contributed by atoms with Crippen LogP contribution in [0.2, 0.25) is 5.02 Å². The third-order valence-electron chi connectivity index (χ3n) is 3.88. The SMILES string of the molecule is COC(CNc1c(Cl)cccc1S(=O)(=O)NCCS(C)=O)C1CC1. The highest BCUT2D eigenvalue weighted by Crippen LogP contribution is 2.35. The zero-order chi connectivity index (χ0) is 17.7. The van der Waals surface area contributed by atoms with E-state index in [4.69, 9.17) is 16.3 Å². The first-order valence-corrected chi connectivity index (χ1v) is 11.3. The topological polar surface area (TPSA) is 84.5 Å². The zero-order valence-electron chi connectivity index (χ0n) is 13.7. The first kappa shape index (κ1) is 19.7. The Morgan fingerprint density at radius 2 is 2.12 bits per heavy atom. The number of ether oxygens (including phenoxy) is 1. The summed E-state index contributed by atoms with van der Waals surface area (Å²) in [4.78, 5) is 0.0857. The minimum absolute atomic E-state index is 0.0345. The fourth-order valence-electron chi connectivity index (χ4n) is 2.41. The normalized spacial score (nSPS) is 17.5. The molecule has 0 radical (unpaired) electrons. The molecule has 1 aliphatic rings. The van der Waals surface area contributed by atoms with E-state index in [1.54, 1.807) is 19.2 Å². The monoisotopic (exact) mass is 394 g/mol. The number of hydrogen-bond acceptors (Lipinski definition) is 5. The number of para-hydroxylation sites is 1. The molecule has 0 aromatic heterocycles. The molecule has 0 aliphatic heterocycles. The van der Waals surface area contributed by atoms with Gasteiger partial charge in [0.15, 0.2) is 0 Å². The molecule has 1 fully saturated rings. The van der Waals surface area contributed by atoms with E-state index in [-0.39, 0.29) is 23.3 Å². The largest absolute Gasteiger partial charge is 0.380 e. The van der Waals surface area contributed by atoms with Gasteiger partial charge < -0.3 is 10.1 Å². The lowest BCUT2D eigenvalue weighted by Gasteiger charge is -2.19. The van der Waals surface area contributed by atoms with E-state index < -0.39 is 20.8 Å². The van der Waals surface area contributed by atoms with Gasteiger partial charge in [-0.25, -0.2) is 13.1 Å². The molecule has 0 bridgehead atoms. The van der Waals surface area contributed by atoms with Crippen LogP contribution in [0.3, 0.4) is 0 Å². The molecular formula is C15H23ClN2O4S2. The van der Waals surface area contributed by atoms with Gasteiger partial charge >= 0.3 is 0 Å². The second-order valence-electron chi connectivity index (χ2n) is 5.78. The van der Waals surface area contributed by atoms with Crippen molar-refractivity contribution in [1.82, 2.24) is 4.72 Å². The highest BCUT2D eigenvalue weighted by atomic mass is 35.5. The van der Waals surface area contributed by atoms with Crippen LogP contribution in [0.25, 0.3) is 0 Å². The van der Waals surface area contributed by atoms with Gasteiger partial charge in [0, 0.05) is 43.0 Å². The minimum atomic E-state index is -3.74. The van der Waals surface area contributed by atoms with Crippen molar-refractivity contribution >= 4 is 38.1 Å². The molecule has 1 aliphatic carbocycles. The first-order chi connectivity index (χ1) is 11.3. The van der Waals surface area contributed by atoms with Crippen LogP contribution in [-0.2, 0) is 25.6 Å². The number of halogens is 1. The lowest BCUT2D eigenvalue weighted by molar-refractivity contribution is 0.0949. The van der Waals surface area contributed by atoms with Crippen molar-refractivity contribution in [2.75, 3.05) is 37.5 Å². The van der Waals surface area contributed by atoms with E-state index in [0.29, 0.717) is 23.2 Å². The summed E-state index contributed by atoms with van der Waals surface area (Å²) in [7, 11) is -3.15. The molecule has 1 aromatic rings. The van der Waals surface area contributed by atoms with Gasteiger partial charge in [0.05, 0.1) is 16.8 Å². The fourth-order valence-corrected chi connectivity index (χ4v) is 4.46. The summed E-state index contributed by atoms with van der Waals surface area (Å²) in [5.41, 5.74) is 0.368. The van der Waals surface area contributed by atoms with Crippen LogP contribution < -0.4 is 10.0 Å². The lowest BCUT2D eigenvalue weighted by Crippen LogP contribution is -2.29. The zero-order valence-corrected chi connectivity index (χ0v) is 16.1. The number of sulfonamides is 1. The minimum Gasteiger partial charge on any atom is -0.380 e. The molecule has 1 aromatic carbocycles. The number of anilines is 1. The maximum Gasteiger partial charge on any atom is 0.242 e. The number of hydrogen-bond donors (Lipinski definition) is 2. The summed E-state index contributed by atoms with van der Waals surface area (Å²) in [5, 5.41) is 3.46. The molecule has 6 nitrogen and oxygen atoms in total. The first-order valence-electron chi connectivity index (χ1n) is 7.70. The quantitative estimate of drug-likeness (QED) is 0.632. The predicted octanol–water partition coefficient (Wildman–Crippen LogP) is 1.83. The fraction of sp³-hybridized carbons (Fsp3) is 0.600. The van der Waals surface area contributed by atoms with Crippen LogP contribution in [0, 0.1) is 5.92 Å². The van der Waals surface area contributed by atoms with Crippen LogP contribution in [-0.4, -0.2) is 50.9 Å². The molecule has 1 saturated carbocycles. The summed E-state index contributed by atoms with van der Waals surface area (Å²) in [6, 6.07) is 4.73. The Morgan fingerprint density at radius 3 is 2.71 bits per heavy atom. The van der Waals surface area contributed by atoms with Gasteiger partial charge in [0.1, 0.15) is 4.90 Å². The third kappa shape index (κ3) is 5.42. The maximum atomic E-state index is 12.5. The van der Waals surface area contributed by atoms with Crippen molar-refractivity contribution in [1.29, 1.82) is 0 Å². The highest BCUT2D eigenvalue weighted by Gasteiger charge is 2.31. The van der Waals surface area contributed by atoms with Gasteiger partial charge in [0.25, 0.3) is 0 Å². The van der Waals surface area contributed by atoms with Crippen LogP contribution in [0.5, 0.6) is 0 Å². The lowest BCUT2D eigenvalue weighted by atomic mass is 10.2. The summed E-state index contributed by atoms with van der Waals surface area (Å²) < 4.78 is 44.0. The van der Waals surface area contributed by atoms with E-state index in [2.05, 4.69) is 10.0 Å². The molecule has 2 atom stereocenters. The molecule has 0 spiro atoms. The Hall–Kier alpha value is -0.670. The van der Waals surface area contributed by atoms with E-state index in [9.17, 15) is 12.6 Å². The van der Waals surface area contributed by atoms with Gasteiger partial charge in [-0.3, -0.25) is 4.21 Å². The molecule has 2 unspecified atom stereocenters. The van der Waals surface area contributed by atoms with Gasteiger partial charge in [-0.15, -0.1) is 0 Å². The molecule has 24 heavy (non-hydrogen) atoms. The molecule has 0 amide bonds. The number of nitrogens with one attached hydrogen (secondary N) is 2.